The Balaban J connectivity index is 2.14. The number of rotatable bonds is 8. The van der Waals surface area contributed by atoms with Crippen molar-refractivity contribution in [3.05, 3.63) is 59.7 Å². The number of hydrogen-bond donors (Lipinski definition) is 2. The number of benzene rings is 2. The molecule has 1 amide bonds. The van der Waals surface area contributed by atoms with E-state index in [4.69, 9.17) is 9.84 Å². The molecule has 25 heavy (non-hydrogen) atoms. The van der Waals surface area contributed by atoms with Gasteiger partial charge in [0.2, 0.25) is 0 Å². The lowest BCUT2D eigenvalue weighted by molar-refractivity contribution is -0.136. The minimum Gasteiger partial charge on any atom is -0.480 e. The third kappa shape index (κ3) is 5.62. The highest BCUT2D eigenvalue weighted by Crippen LogP contribution is 2.27. The van der Waals surface area contributed by atoms with Gasteiger partial charge in [-0.25, -0.2) is 0 Å². The number of carboxylic acids is 1. The summed E-state index contributed by atoms with van der Waals surface area (Å²) in [7, 11) is 0. The second-order valence-corrected chi connectivity index (χ2v) is 6.77. The molecular formula is C19H21NO4S. The predicted octanol–water partition coefficient (Wildman–Crippen LogP) is 4.04. The summed E-state index contributed by atoms with van der Waals surface area (Å²) in [5.41, 5.74) is 2.10. The number of hydrogen-bond acceptors (Lipinski definition) is 4. The molecule has 0 heterocycles. The van der Waals surface area contributed by atoms with Crippen LogP contribution in [0.5, 0.6) is 0 Å². The molecule has 132 valence electrons. The van der Waals surface area contributed by atoms with Crippen LogP contribution in [0.15, 0.2) is 53.4 Å². The van der Waals surface area contributed by atoms with Crippen LogP contribution in [0.3, 0.4) is 0 Å². The van der Waals surface area contributed by atoms with Gasteiger partial charge in [-0.15, -0.1) is 11.8 Å². The molecule has 0 spiro atoms. The molecule has 2 aromatic carbocycles. The summed E-state index contributed by atoms with van der Waals surface area (Å²) in [6.07, 6.45) is 0. The predicted molar refractivity (Wildman–Crippen MR) is 99.1 cm³/mol. The van der Waals surface area contributed by atoms with Crippen molar-refractivity contribution in [1.82, 2.24) is 0 Å². The minimum atomic E-state index is -0.913. The molecule has 0 bridgehead atoms. The maximum absolute atomic E-state index is 12.6. The maximum atomic E-state index is 12.6. The van der Waals surface area contributed by atoms with Gasteiger partial charge < -0.3 is 15.2 Å². The molecule has 6 heteroatoms. The van der Waals surface area contributed by atoms with E-state index in [0.717, 1.165) is 17.3 Å². The van der Waals surface area contributed by atoms with Gasteiger partial charge in [0.05, 0.1) is 12.2 Å². The first-order valence-electron chi connectivity index (χ1n) is 7.97. The van der Waals surface area contributed by atoms with E-state index in [2.05, 4.69) is 5.32 Å². The highest BCUT2D eigenvalue weighted by molar-refractivity contribution is 8.00. The van der Waals surface area contributed by atoms with Crippen LogP contribution in [-0.4, -0.2) is 28.8 Å². The molecular weight excluding hydrogens is 338 g/mol. The van der Waals surface area contributed by atoms with Crippen LogP contribution in [0, 0.1) is 0 Å². The molecule has 0 aliphatic heterocycles. The van der Waals surface area contributed by atoms with Crippen molar-refractivity contribution in [2.24, 2.45) is 0 Å². The topological polar surface area (TPSA) is 75.6 Å². The highest BCUT2D eigenvalue weighted by atomic mass is 32.2. The van der Waals surface area contributed by atoms with E-state index in [1.165, 1.54) is 0 Å². The zero-order chi connectivity index (χ0) is 18.2. The van der Waals surface area contributed by atoms with E-state index in [9.17, 15) is 9.59 Å². The molecule has 2 N–H and O–H groups in total. The Morgan fingerprint density at radius 3 is 2.68 bits per heavy atom. The Morgan fingerprint density at radius 1 is 1.20 bits per heavy atom. The Bertz CT molecular complexity index is 748. The first kappa shape index (κ1) is 19.0. The molecule has 0 aliphatic rings. The number of carboxylic acid groups (broad SMARTS) is 1. The summed E-state index contributed by atoms with van der Waals surface area (Å²) < 4.78 is 5.38. The normalized spacial score (nSPS) is 11.8. The molecule has 5 nitrogen and oxygen atoms in total. The van der Waals surface area contributed by atoms with Crippen LogP contribution in [-0.2, 0) is 16.1 Å². The molecule has 0 saturated carbocycles. The smallest absolute Gasteiger partial charge is 0.316 e. The van der Waals surface area contributed by atoms with Crippen LogP contribution < -0.4 is 5.32 Å². The lowest BCUT2D eigenvalue weighted by Crippen LogP contribution is -2.15. The molecule has 1 unspecified atom stereocenters. The average molecular weight is 359 g/mol. The van der Waals surface area contributed by atoms with Crippen molar-refractivity contribution in [2.75, 3.05) is 11.9 Å². The Kier molecular flexibility index (Phi) is 7.03. The number of carbonyl (C=O) groups is 2. The van der Waals surface area contributed by atoms with Crippen LogP contribution in [0.25, 0.3) is 0 Å². The van der Waals surface area contributed by atoms with E-state index in [1.54, 1.807) is 31.2 Å². The number of ether oxygens (including phenoxy) is 1. The van der Waals surface area contributed by atoms with Gasteiger partial charge in [-0.1, -0.05) is 24.3 Å². The van der Waals surface area contributed by atoms with Gasteiger partial charge >= 0.3 is 5.97 Å². The van der Waals surface area contributed by atoms with Crippen LogP contribution in [0.2, 0.25) is 0 Å². The van der Waals surface area contributed by atoms with Crippen molar-refractivity contribution in [1.29, 1.82) is 0 Å². The second kappa shape index (κ2) is 9.25. The molecule has 1 atom stereocenters. The first-order valence-corrected chi connectivity index (χ1v) is 8.85. The van der Waals surface area contributed by atoms with Gasteiger partial charge in [0.1, 0.15) is 5.25 Å². The van der Waals surface area contributed by atoms with Gasteiger partial charge in [0, 0.05) is 17.2 Å². The van der Waals surface area contributed by atoms with Crippen molar-refractivity contribution >= 4 is 29.3 Å². The van der Waals surface area contributed by atoms with Gasteiger partial charge in [-0.3, -0.25) is 9.59 Å². The Morgan fingerprint density at radius 2 is 1.96 bits per heavy atom. The van der Waals surface area contributed by atoms with Gasteiger partial charge in [-0.05, 0) is 43.7 Å². The summed E-state index contributed by atoms with van der Waals surface area (Å²) in [6, 6.07) is 14.5. The van der Waals surface area contributed by atoms with Crippen molar-refractivity contribution < 1.29 is 19.4 Å². The molecule has 0 radical (unpaired) electrons. The number of nitrogens with one attached hydrogen (secondary N) is 1. The van der Waals surface area contributed by atoms with Gasteiger partial charge in [0.25, 0.3) is 5.91 Å². The molecule has 2 aromatic rings. The largest absolute Gasteiger partial charge is 0.480 e. The van der Waals surface area contributed by atoms with Crippen LogP contribution in [0.1, 0.15) is 29.8 Å². The van der Waals surface area contributed by atoms with E-state index in [-0.39, 0.29) is 5.91 Å². The third-order valence-electron chi connectivity index (χ3n) is 3.44. The summed E-state index contributed by atoms with van der Waals surface area (Å²) >= 11 is 1.15. The highest BCUT2D eigenvalue weighted by Gasteiger charge is 2.18. The molecule has 0 saturated heterocycles. The van der Waals surface area contributed by atoms with Crippen molar-refractivity contribution in [3.63, 3.8) is 0 Å². The van der Waals surface area contributed by atoms with Gasteiger partial charge in [0.15, 0.2) is 0 Å². The third-order valence-corrected chi connectivity index (χ3v) is 4.61. The van der Waals surface area contributed by atoms with E-state index < -0.39 is 11.2 Å². The summed E-state index contributed by atoms with van der Waals surface area (Å²) in [5, 5.41) is 11.3. The number of aliphatic carboxylic acids is 1. The lowest BCUT2D eigenvalue weighted by Gasteiger charge is -2.12. The van der Waals surface area contributed by atoms with Crippen molar-refractivity contribution in [3.8, 4) is 0 Å². The molecule has 0 aliphatic carbocycles. The molecule has 0 fully saturated rings. The summed E-state index contributed by atoms with van der Waals surface area (Å²) in [6.45, 7) is 4.64. The number of carbonyl (C=O) groups excluding carboxylic acids is 1. The maximum Gasteiger partial charge on any atom is 0.316 e. The summed E-state index contributed by atoms with van der Waals surface area (Å²) in [5.74, 6) is -1.18. The quantitative estimate of drug-likeness (QED) is 0.696. The molecule has 2 rings (SSSR count). The van der Waals surface area contributed by atoms with E-state index in [1.807, 2.05) is 31.2 Å². The van der Waals surface area contributed by atoms with E-state index in [0.29, 0.717) is 29.4 Å². The fraction of sp³-hybridized carbons (Fsp3) is 0.263. The zero-order valence-electron chi connectivity index (χ0n) is 14.2. The monoisotopic (exact) mass is 359 g/mol. The number of anilines is 1. The Hall–Kier alpha value is -2.31. The first-order chi connectivity index (χ1) is 12.0. The average Bonchev–Trinajstić information content (AvgIpc) is 2.60. The van der Waals surface area contributed by atoms with Crippen molar-refractivity contribution in [2.45, 2.75) is 30.6 Å². The second-order valence-electron chi connectivity index (χ2n) is 5.39. The number of thioether (sulfide) groups is 1. The van der Waals surface area contributed by atoms with E-state index >= 15 is 0 Å². The fourth-order valence-electron chi connectivity index (χ4n) is 2.16. The fourth-order valence-corrected chi connectivity index (χ4v) is 3.08. The zero-order valence-corrected chi connectivity index (χ0v) is 15.0. The van der Waals surface area contributed by atoms with Gasteiger partial charge in [-0.2, -0.15) is 0 Å². The van der Waals surface area contributed by atoms with Crippen LogP contribution in [0.4, 0.5) is 5.69 Å². The SMILES string of the molecule is CCOCc1cccc(NC(=O)c2ccccc2SC(C)C(=O)O)c1. The summed E-state index contributed by atoms with van der Waals surface area (Å²) in [4.78, 5) is 24.3. The number of amides is 1. The molecule has 0 aromatic heterocycles. The lowest BCUT2D eigenvalue weighted by atomic mass is 10.2. The minimum absolute atomic E-state index is 0.269. The van der Waals surface area contributed by atoms with Crippen LogP contribution >= 0.6 is 11.8 Å². The Labute approximate surface area is 151 Å². The standard InChI is InChI=1S/C19H21NO4S/c1-3-24-12-14-7-6-8-15(11-14)20-18(21)16-9-4-5-10-17(16)25-13(2)19(22)23/h4-11,13H,3,12H2,1-2H3,(H,20,21)(H,22,23).